The Balaban J connectivity index is 1.22. The van der Waals surface area contributed by atoms with Crippen LogP contribution in [0.4, 0.5) is 34.1 Å². The molecule has 0 aromatic heterocycles. The van der Waals surface area contributed by atoms with Crippen molar-refractivity contribution in [3.63, 3.8) is 0 Å². The Hall–Kier alpha value is -7.42. The monoisotopic (exact) mass is 728 g/mol. The van der Waals surface area contributed by atoms with Crippen LogP contribution in [0, 0.1) is 0 Å². The maximum Gasteiger partial charge on any atom is 0.0742 e. The Labute approximate surface area is 335 Å². The molecule has 2 heteroatoms. The normalized spacial score (nSPS) is 12.7. The van der Waals surface area contributed by atoms with Crippen LogP contribution in [0.25, 0.3) is 22.3 Å². The van der Waals surface area contributed by atoms with E-state index >= 15 is 0 Å². The zero-order valence-electron chi connectivity index (χ0n) is 31.5. The minimum atomic E-state index is -0.572. The second-order valence-electron chi connectivity index (χ2n) is 14.5. The summed E-state index contributed by atoms with van der Waals surface area (Å²) in [4.78, 5) is 4.84. The molecule has 9 aromatic rings. The van der Waals surface area contributed by atoms with Crippen molar-refractivity contribution < 1.29 is 0 Å². The Morgan fingerprint density at radius 3 is 1.19 bits per heavy atom. The molecule has 0 amide bonds. The van der Waals surface area contributed by atoms with Gasteiger partial charge in [-0.1, -0.05) is 188 Å². The molecule has 0 atom stereocenters. The molecule has 0 spiro atoms. The SMILES string of the molecule is c1ccc(-c2ccc(N(c3ccc(-c4ccccc4)cc3)c3ccc4c(c3)N(c3ccccc3)c3ccccc3C4(c3ccccc3)c3ccccc3)cc2)cc1. The number of para-hydroxylation sites is 2. The van der Waals surface area contributed by atoms with Gasteiger partial charge in [0.05, 0.1) is 16.8 Å². The summed E-state index contributed by atoms with van der Waals surface area (Å²) in [6.07, 6.45) is 0. The third-order valence-corrected chi connectivity index (χ3v) is 11.3. The molecular formula is C55H40N2. The summed E-state index contributed by atoms with van der Waals surface area (Å²) in [5.41, 5.74) is 15.8. The summed E-state index contributed by atoms with van der Waals surface area (Å²) < 4.78 is 0. The van der Waals surface area contributed by atoms with E-state index in [1.807, 2.05) is 0 Å². The average molecular weight is 729 g/mol. The van der Waals surface area contributed by atoms with Gasteiger partial charge in [0.25, 0.3) is 0 Å². The van der Waals surface area contributed by atoms with Gasteiger partial charge in [-0.2, -0.15) is 0 Å². The fourth-order valence-electron chi connectivity index (χ4n) is 8.76. The van der Waals surface area contributed by atoms with E-state index in [0.29, 0.717) is 0 Å². The van der Waals surface area contributed by atoms with E-state index in [1.165, 1.54) is 44.5 Å². The molecule has 0 unspecified atom stereocenters. The quantitative estimate of drug-likeness (QED) is 0.154. The molecule has 1 heterocycles. The summed E-state index contributed by atoms with van der Waals surface area (Å²) in [7, 11) is 0. The van der Waals surface area contributed by atoms with Crippen molar-refractivity contribution in [2.75, 3.05) is 9.80 Å². The van der Waals surface area contributed by atoms with E-state index in [1.54, 1.807) is 0 Å². The van der Waals surface area contributed by atoms with Crippen molar-refractivity contribution in [2.24, 2.45) is 0 Å². The Bertz CT molecular complexity index is 2620. The molecule has 1 aliphatic rings. The maximum atomic E-state index is 2.45. The van der Waals surface area contributed by atoms with Gasteiger partial charge in [-0.25, -0.2) is 0 Å². The largest absolute Gasteiger partial charge is 0.310 e. The average Bonchev–Trinajstić information content (AvgIpc) is 3.30. The number of hydrogen-bond acceptors (Lipinski definition) is 2. The fourth-order valence-corrected chi connectivity index (χ4v) is 8.76. The highest BCUT2D eigenvalue weighted by Gasteiger charge is 2.46. The van der Waals surface area contributed by atoms with Gasteiger partial charge in [-0.05, 0) is 99.1 Å². The van der Waals surface area contributed by atoms with Crippen molar-refractivity contribution in [1.29, 1.82) is 0 Å². The first-order chi connectivity index (χ1) is 28.3. The predicted octanol–water partition coefficient (Wildman–Crippen LogP) is 14.7. The van der Waals surface area contributed by atoms with Crippen LogP contribution >= 0.6 is 0 Å². The maximum absolute atomic E-state index is 2.45. The molecule has 0 N–H and O–H groups in total. The highest BCUT2D eigenvalue weighted by Crippen LogP contribution is 2.58. The number of benzene rings is 9. The predicted molar refractivity (Wildman–Crippen MR) is 239 cm³/mol. The van der Waals surface area contributed by atoms with E-state index in [0.717, 1.165) is 34.1 Å². The van der Waals surface area contributed by atoms with E-state index in [-0.39, 0.29) is 0 Å². The van der Waals surface area contributed by atoms with E-state index in [4.69, 9.17) is 0 Å². The first-order valence-corrected chi connectivity index (χ1v) is 19.6. The molecule has 0 bridgehead atoms. The summed E-state index contributed by atoms with van der Waals surface area (Å²) >= 11 is 0. The van der Waals surface area contributed by atoms with Crippen molar-refractivity contribution in [2.45, 2.75) is 5.41 Å². The number of hydrogen-bond donors (Lipinski definition) is 0. The van der Waals surface area contributed by atoms with Crippen molar-refractivity contribution >= 4 is 34.1 Å². The second-order valence-corrected chi connectivity index (χ2v) is 14.5. The summed E-state index contributed by atoms with van der Waals surface area (Å²) in [5, 5.41) is 0. The van der Waals surface area contributed by atoms with Gasteiger partial charge < -0.3 is 9.80 Å². The first kappa shape index (κ1) is 34.1. The minimum Gasteiger partial charge on any atom is -0.310 e. The van der Waals surface area contributed by atoms with E-state index < -0.39 is 5.41 Å². The number of anilines is 6. The highest BCUT2D eigenvalue weighted by atomic mass is 15.2. The van der Waals surface area contributed by atoms with Gasteiger partial charge in [0, 0.05) is 22.7 Å². The van der Waals surface area contributed by atoms with Crippen LogP contribution in [0.5, 0.6) is 0 Å². The van der Waals surface area contributed by atoms with E-state index in [9.17, 15) is 0 Å². The topological polar surface area (TPSA) is 6.48 Å². The van der Waals surface area contributed by atoms with Gasteiger partial charge in [0.1, 0.15) is 0 Å². The van der Waals surface area contributed by atoms with Crippen molar-refractivity contribution in [1.82, 2.24) is 0 Å². The van der Waals surface area contributed by atoms with E-state index in [2.05, 4.69) is 252 Å². The lowest BCUT2D eigenvalue weighted by atomic mass is 9.62. The number of nitrogens with zero attached hydrogens (tertiary/aromatic N) is 2. The van der Waals surface area contributed by atoms with Crippen LogP contribution in [-0.4, -0.2) is 0 Å². The summed E-state index contributed by atoms with van der Waals surface area (Å²) in [5.74, 6) is 0. The Morgan fingerprint density at radius 2 is 0.684 bits per heavy atom. The molecule has 0 saturated heterocycles. The van der Waals surface area contributed by atoms with Crippen molar-refractivity contribution in [3.05, 3.63) is 265 Å². The molecular weight excluding hydrogens is 689 g/mol. The molecule has 270 valence electrons. The number of rotatable bonds is 8. The lowest BCUT2D eigenvalue weighted by Gasteiger charge is -2.47. The molecule has 0 fully saturated rings. The molecule has 0 aliphatic carbocycles. The van der Waals surface area contributed by atoms with Gasteiger partial charge in [-0.15, -0.1) is 0 Å². The number of fused-ring (bicyclic) bond motifs is 2. The second kappa shape index (κ2) is 14.7. The molecule has 1 aliphatic heterocycles. The zero-order chi connectivity index (χ0) is 38.0. The van der Waals surface area contributed by atoms with Crippen molar-refractivity contribution in [3.8, 4) is 22.3 Å². The minimum absolute atomic E-state index is 0.572. The Kier molecular flexibility index (Phi) is 8.78. The van der Waals surface area contributed by atoms with Crippen LogP contribution in [-0.2, 0) is 5.41 Å². The lowest BCUT2D eigenvalue weighted by Crippen LogP contribution is -2.37. The lowest BCUT2D eigenvalue weighted by molar-refractivity contribution is 0.731. The standard InChI is InChI=1S/C55H40N2/c1-6-18-41(19-7-1)43-30-34-48(35-31-43)56(49-36-32-44(33-37-49)42-20-8-2-9-21-42)50-38-39-52-54(40-50)57(47-26-14-5-15-27-47)53-29-17-16-28-51(53)55(52,45-22-10-3-11-23-45)46-24-12-4-13-25-46/h1-40H. The fraction of sp³-hybridized carbons (Fsp3) is 0.0182. The van der Waals surface area contributed by atoms with Gasteiger partial charge in [0.2, 0.25) is 0 Å². The Morgan fingerprint density at radius 1 is 0.298 bits per heavy atom. The van der Waals surface area contributed by atoms with Crippen LogP contribution < -0.4 is 9.80 Å². The van der Waals surface area contributed by atoms with Crippen LogP contribution in [0.1, 0.15) is 22.3 Å². The highest BCUT2D eigenvalue weighted by molar-refractivity contribution is 5.92. The summed E-state index contributed by atoms with van der Waals surface area (Å²) in [6.45, 7) is 0. The summed E-state index contributed by atoms with van der Waals surface area (Å²) in [6, 6.07) is 87.9. The van der Waals surface area contributed by atoms with Crippen LogP contribution in [0.2, 0.25) is 0 Å². The van der Waals surface area contributed by atoms with Gasteiger partial charge in [-0.3, -0.25) is 0 Å². The van der Waals surface area contributed by atoms with Crippen LogP contribution in [0.15, 0.2) is 243 Å². The smallest absolute Gasteiger partial charge is 0.0742 e. The molecule has 2 nitrogen and oxygen atoms in total. The van der Waals surface area contributed by atoms with Gasteiger partial charge >= 0.3 is 0 Å². The molecule has 0 radical (unpaired) electrons. The molecule has 57 heavy (non-hydrogen) atoms. The third kappa shape index (κ3) is 6.00. The molecule has 0 saturated carbocycles. The zero-order valence-corrected chi connectivity index (χ0v) is 31.5. The van der Waals surface area contributed by atoms with Crippen LogP contribution in [0.3, 0.4) is 0 Å². The third-order valence-electron chi connectivity index (χ3n) is 11.3. The molecule has 10 rings (SSSR count). The first-order valence-electron chi connectivity index (χ1n) is 19.6. The van der Waals surface area contributed by atoms with Gasteiger partial charge in [0.15, 0.2) is 0 Å². The molecule has 9 aromatic carbocycles.